The Morgan fingerprint density at radius 1 is 0.729 bits per heavy atom. The Kier molecular flexibility index (Phi) is 20.6. The average molecular weight is 976 g/mol. The highest BCUT2D eigenvalue weighted by Crippen LogP contribution is 2.37. The van der Waals surface area contributed by atoms with Crippen LogP contribution in [0.4, 0.5) is 9.59 Å². The van der Waals surface area contributed by atoms with Crippen molar-refractivity contribution in [3.05, 3.63) is 71.8 Å². The van der Waals surface area contributed by atoms with Crippen LogP contribution in [0.5, 0.6) is 0 Å². The van der Waals surface area contributed by atoms with Crippen molar-refractivity contribution < 1.29 is 48.2 Å². The van der Waals surface area contributed by atoms with Crippen LogP contribution in [-0.2, 0) is 51.7 Å². The van der Waals surface area contributed by atoms with Crippen molar-refractivity contribution in [3.63, 3.8) is 0 Å². The molecule has 2 fully saturated rings. The lowest BCUT2D eigenvalue weighted by Crippen LogP contribution is -2.64. The highest BCUT2D eigenvalue weighted by Gasteiger charge is 2.47. The molecular formula is C52H79N8O10. The molecule has 0 unspecified atom stereocenters. The first kappa shape index (κ1) is 56.8. The van der Waals surface area contributed by atoms with E-state index in [9.17, 15) is 38.8 Å². The van der Waals surface area contributed by atoms with Gasteiger partial charge in [0.15, 0.2) is 0 Å². The Morgan fingerprint density at radius 3 is 1.89 bits per heavy atom. The van der Waals surface area contributed by atoms with E-state index in [2.05, 4.69) is 31.9 Å². The maximum atomic E-state index is 14.6. The zero-order valence-electron chi connectivity index (χ0n) is 43.1. The number of piperidine rings is 1. The van der Waals surface area contributed by atoms with Crippen LogP contribution in [0.25, 0.3) is 0 Å². The van der Waals surface area contributed by atoms with Crippen LogP contribution in [0.1, 0.15) is 132 Å². The monoisotopic (exact) mass is 976 g/mol. The molecule has 0 aromatic heterocycles. The van der Waals surface area contributed by atoms with Crippen molar-refractivity contribution in [2.45, 2.75) is 187 Å². The summed E-state index contributed by atoms with van der Waals surface area (Å²) in [6.07, 6.45) is 0.901. The van der Waals surface area contributed by atoms with Crippen molar-refractivity contribution >= 4 is 41.7 Å². The molecule has 0 saturated carbocycles. The molecular weight excluding hydrogens is 897 g/mol. The fourth-order valence-electron chi connectivity index (χ4n) is 9.23. The summed E-state index contributed by atoms with van der Waals surface area (Å²) in [6, 6.07) is 12.7. The van der Waals surface area contributed by atoms with Gasteiger partial charge in [-0.1, -0.05) is 88.4 Å². The summed E-state index contributed by atoms with van der Waals surface area (Å²) < 4.78 is 10.8. The van der Waals surface area contributed by atoms with Crippen LogP contribution in [0.15, 0.2) is 60.7 Å². The number of ether oxygens (including phenoxy) is 2. The number of carbonyl (C=O) groups excluding carboxylic acids is 7. The van der Waals surface area contributed by atoms with E-state index in [1.54, 1.807) is 34.6 Å². The Labute approximate surface area is 414 Å². The zero-order chi connectivity index (χ0) is 52.0. The molecule has 2 aromatic carbocycles. The minimum atomic E-state index is -1.12. The highest BCUT2D eigenvalue weighted by molar-refractivity contribution is 5.96. The number of amides is 7. The number of nitrogens with one attached hydrogen (secondary N) is 6. The van der Waals surface area contributed by atoms with Gasteiger partial charge in [0.25, 0.3) is 0 Å². The van der Waals surface area contributed by atoms with Gasteiger partial charge in [0, 0.05) is 36.6 Å². The number of nitrogens with zero attached hydrogens (tertiary/aromatic N) is 2. The summed E-state index contributed by atoms with van der Waals surface area (Å²) in [4.78, 5) is 98.1. The summed E-state index contributed by atoms with van der Waals surface area (Å²) >= 11 is 0. The van der Waals surface area contributed by atoms with Gasteiger partial charge < -0.3 is 46.3 Å². The van der Waals surface area contributed by atoms with Crippen molar-refractivity contribution in [1.82, 2.24) is 41.9 Å². The first-order valence-electron chi connectivity index (χ1n) is 24.7. The van der Waals surface area contributed by atoms with E-state index >= 15 is 0 Å². The van der Waals surface area contributed by atoms with Crippen LogP contribution >= 0.6 is 0 Å². The van der Waals surface area contributed by atoms with E-state index in [0.717, 1.165) is 16.2 Å². The first-order valence-corrected chi connectivity index (χ1v) is 24.7. The Balaban J connectivity index is 1.50. The van der Waals surface area contributed by atoms with E-state index in [1.165, 1.54) is 4.90 Å². The summed E-state index contributed by atoms with van der Waals surface area (Å²) in [7, 11) is 0. The van der Waals surface area contributed by atoms with Gasteiger partial charge in [0.2, 0.25) is 29.5 Å². The maximum Gasteiger partial charge on any atom is 0.408 e. The van der Waals surface area contributed by atoms with Gasteiger partial charge in [-0.15, -0.1) is 10.3 Å². The molecule has 0 bridgehead atoms. The third kappa shape index (κ3) is 17.6. The van der Waals surface area contributed by atoms with E-state index in [1.807, 2.05) is 102 Å². The molecule has 6 N–H and O–H groups in total. The second-order valence-corrected chi connectivity index (χ2v) is 21.7. The lowest BCUT2D eigenvalue weighted by atomic mass is 9.79. The molecule has 18 heteroatoms. The molecule has 0 spiro atoms. The molecule has 2 aromatic rings. The zero-order valence-corrected chi connectivity index (χ0v) is 43.1. The second-order valence-electron chi connectivity index (χ2n) is 21.7. The number of rotatable bonds is 21. The number of benzene rings is 2. The van der Waals surface area contributed by atoms with Crippen molar-refractivity contribution in [2.24, 2.45) is 11.8 Å². The molecule has 1 radical (unpaired) electrons. The fraction of sp³-hybridized carbons (Fsp3) is 0.635. The van der Waals surface area contributed by atoms with Gasteiger partial charge in [-0.25, -0.2) is 9.59 Å². The first-order chi connectivity index (χ1) is 32.8. The van der Waals surface area contributed by atoms with Crippen molar-refractivity contribution in [1.29, 1.82) is 0 Å². The molecule has 2 saturated heterocycles. The van der Waals surface area contributed by atoms with Crippen molar-refractivity contribution in [2.75, 3.05) is 13.1 Å². The normalized spacial score (nSPS) is 18.7. The van der Waals surface area contributed by atoms with E-state index in [4.69, 9.17) is 9.47 Å². The van der Waals surface area contributed by atoms with Crippen LogP contribution in [0.2, 0.25) is 0 Å². The number of carbonyl (C=O) groups is 7. The fourth-order valence-corrected chi connectivity index (χ4v) is 9.23. The van der Waals surface area contributed by atoms with Gasteiger partial charge >= 0.3 is 12.2 Å². The quantitative estimate of drug-likeness (QED) is 0.0865. The smallest absolute Gasteiger partial charge is 0.408 e. The van der Waals surface area contributed by atoms with E-state index in [0.29, 0.717) is 25.7 Å². The van der Waals surface area contributed by atoms with Crippen LogP contribution in [0, 0.1) is 11.8 Å². The molecule has 18 nitrogen and oxygen atoms in total. The second kappa shape index (κ2) is 25.4. The third-order valence-electron chi connectivity index (χ3n) is 12.4. The van der Waals surface area contributed by atoms with Gasteiger partial charge in [0.05, 0.1) is 0 Å². The molecule has 2 heterocycles. The van der Waals surface area contributed by atoms with E-state index in [-0.39, 0.29) is 57.3 Å². The van der Waals surface area contributed by atoms with E-state index < -0.39 is 94.5 Å². The van der Waals surface area contributed by atoms with Crippen LogP contribution < -0.4 is 31.9 Å². The molecule has 5 atom stereocenters. The molecule has 387 valence electrons. The molecule has 2 aliphatic heterocycles. The highest BCUT2D eigenvalue weighted by atomic mass is 16.6. The predicted molar refractivity (Wildman–Crippen MR) is 264 cm³/mol. The number of alkyl carbamates (subject to hydrolysis) is 2. The molecule has 2 aliphatic rings. The standard InChI is InChI=1S/C52H79N8O10/c1-33(2)28-39(57-49(67)70-50(5,6)7)44(62)56-40(29-35-20-14-12-15-21-35)47(65)59-27-19-25-41(59)45(63)58-42(34(3)4)46(64)55-38(24-18-26-53-48(66)69-32-36-22-16-13-17-23-36)43(61)54-37-30-51(8,9)60(68)52(10,11)31-37/h12-17,20-23,33-34,37-42H,18-19,24-32H2,1-11H3,(H,53,66)(H,54,61)(H,55,64)(H,56,62)(H,57,67)(H,58,63)/t38-,39-,40+,41-,42-/m0/s1. The average Bonchev–Trinajstić information content (AvgIpc) is 3.77. The molecule has 70 heavy (non-hydrogen) atoms. The van der Waals surface area contributed by atoms with Crippen LogP contribution in [-0.4, -0.2) is 118 Å². The Morgan fingerprint density at radius 2 is 1.31 bits per heavy atom. The number of hydrogen-bond donors (Lipinski definition) is 6. The third-order valence-corrected chi connectivity index (χ3v) is 12.4. The molecule has 0 aliphatic carbocycles. The number of hydrogen-bond acceptors (Lipinski definition) is 10. The Bertz CT molecular complexity index is 2060. The van der Waals surface area contributed by atoms with Gasteiger partial charge in [-0.2, -0.15) is 0 Å². The lowest BCUT2D eigenvalue weighted by Gasteiger charge is -2.50. The largest absolute Gasteiger partial charge is 0.445 e. The Hall–Kier alpha value is -5.75. The lowest BCUT2D eigenvalue weighted by molar-refractivity contribution is -0.290. The van der Waals surface area contributed by atoms with Gasteiger partial charge in [-0.3, -0.25) is 24.0 Å². The molecule has 7 amide bonds. The maximum absolute atomic E-state index is 14.6. The summed E-state index contributed by atoms with van der Waals surface area (Å²) in [5, 5.41) is 31.2. The number of hydroxylamine groups is 2. The van der Waals surface area contributed by atoms with Crippen LogP contribution in [0.3, 0.4) is 0 Å². The summed E-state index contributed by atoms with van der Waals surface area (Å²) in [5.41, 5.74) is -0.764. The molecule has 4 rings (SSSR count). The SMILES string of the molecule is CC(C)C[C@H](NC(=O)OC(C)(C)C)C(=O)N[C@H](Cc1ccccc1)C(=O)N1CCC[C@H]1C(=O)N[C@H](C(=O)N[C@@H](CCCNC(=O)OCc1ccccc1)C(=O)NC1CC(C)(C)N([O])C(C)(C)C1)C(C)C. The number of likely N-dealkylation sites (tertiary alicyclic amines) is 1. The van der Waals surface area contributed by atoms with Gasteiger partial charge in [0.1, 0.15) is 42.4 Å². The summed E-state index contributed by atoms with van der Waals surface area (Å²) in [5.74, 6) is -3.19. The summed E-state index contributed by atoms with van der Waals surface area (Å²) in [6.45, 7) is 20.2. The van der Waals surface area contributed by atoms with Gasteiger partial charge in [-0.05, 0) is 116 Å². The van der Waals surface area contributed by atoms with Crippen molar-refractivity contribution in [3.8, 4) is 0 Å². The minimum absolute atomic E-state index is 0.00244. The predicted octanol–water partition coefficient (Wildman–Crippen LogP) is 5.46. The topological polar surface area (TPSA) is 237 Å². The minimum Gasteiger partial charge on any atom is -0.445 e.